The molecule has 0 aliphatic carbocycles. The van der Waals surface area contributed by atoms with Gasteiger partial charge in [0.1, 0.15) is 5.82 Å². The second-order valence-electron chi connectivity index (χ2n) is 9.05. The van der Waals surface area contributed by atoms with Crippen molar-refractivity contribution in [2.75, 3.05) is 11.3 Å². The number of aryl methyl sites for hydroxylation is 3. The fraction of sp³-hybridized carbons (Fsp3) is 0.214. The van der Waals surface area contributed by atoms with Crippen molar-refractivity contribution in [1.29, 1.82) is 0 Å². The van der Waals surface area contributed by atoms with Crippen molar-refractivity contribution in [3.63, 3.8) is 0 Å². The van der Waals surface area contributed by atoms with Gasteiger partial charge < -0.3 is 9.88 Å². The van der Waals surface area contributed by atoms with Crippen LogP contribution in [0.3, 0.4) is 0 Å². The lowest BCUT2D eigenvalue weighted by molar-refractivity contribution is 0.0960. The molecular formula is C28H28FN3O4S2. The molecule has 0 bridgehead atoms. The Kier molecular flexibility index (Phi) is 7.57. The van der Waals surface area contributed by atoms with Gasteiger partial charge in [0.05, 0.1) is 10.3 Å². The number of amides is 1. The van der Waals surface area contributed by atoms with Crippen molar-refractivity contribution in [1.82, 2.24) is 9.88 Å². The topological polar surface area (TPSA) is 97.3 Å². The highest BCUT2D eigenvalue weighted by atomic mass is 32.2. The minimum absolute atomic E-state index is 0.245. The first kappa shape index (κ1) is 27.3. The maximum Gasteiger partial charge on any atom is 0.261 e. The Morgan fingerprint density at radius 2 is 1.82 bits per heavy atom. The van der Waals surface area contributed by atoms with E-state index in [1.807, 2.05) is 26.8 Å². The molecule has 2 aromatic carbocycles. The molecule has 0 aliphatic rings. The van der Waals surface area contributed by atoms with Gasteiger partial charge in [0, 0.05) is 41.1 Å². The second-order valence-corrected chi connectivity index (χ2v) is 11.7. The third-order valence-electron chi connectivity index (χ3n) is 6.32. The largest absolute Gasteiger partial charge is 0.352 e. The quantitative estimate of drug-likeness (QED) is 0.312. The van der Waals surface area contributed by atoms with Gasteiger partial charge in [-0.05, 0) is 85.3 Å². The molecule has 0 saturated heterocycles. The highest BCUT2D eigenvalue weighted by molar-refractivity contribution is 7.95. The van der Waals surface area contributed by atoms with Crippen LogP contribution in [-0.2, 0) is 23.5 Å². The molecule has 2 heterocycles. The van der Waals surface area contributed by atoms with Gasteiger partial charge in [0.2, 0.25) is 0 Å². The van der Waals surface area contributed by atoms with Crippen LogP contribution in [0.2, 0.25) is 0 Å². The number of thiophene rings is 1. The summed E-state index contributed by atoms with van der Waals surface area (Å²) < 4.78 is 43.0. The number of pyridine rings is 1. The second kappa shape index (κ2) is 10.5. The Labute approximate surface area is 224 Å². The molecule has 4 rings (SSSR count). The summed E-state index contributed by atoms with van der Waals surface area (Å²) in [6.45, 7) is 9.31. The molecule has 7 nitrogen and oxygen atoms in total. The number of nitrogens with zero attached hydrogens (tertiary/aromatic N) is 1. The van der Waals surface area contributed by atoms with Gasteiger partial charge in [-0.25, -0.2) is 12.8 Å². The number of benzene rings is 2. The predicted molar refractivity (Wildman–Crippen MR) is 152 cm³/mol. The van der Waals surface area contributed by atoms with Gasteiger partial charge in [-0.1, -0.05) is 12.6 Å². The first-order chi connectivity index (χ1) is 17.9. The van der Waals surface area contributed by atoms with Crippen molar-refractivity contribution in [3.05, 3.63) is 97.9 Å². The Bertz CT molecular complexity index is 1730. The third kappa shape index (κ3) is 5.41. The van der Waals surface area contributed by atoms with Crippen LogP contribution in [0.1, 0.15) is 38.8 Å². The van der Waals surface area contributed by atoms with E-state index in [4.69, 9.17) is 0 Å². The van der Waals surface area contributed by atoms with E-state index < -0.39 is 10.0 Å². The van der Waals surface area contributed by atoms with Crippen LogP contribution in [0.4, 0.5) is 10.1 Å². The van der Waals surface area contributed by atoms with Crippen LogP contribution in [0.15, 0.2) is 59.4 Å². The van der Waals surface area contributed by atoms with Gasteiger partial charge in [-0.2, -0.15) is 0 Å². The van der Waals surface area contributed by atoms with Crippen molar-refractivity contribution in [3.8, 4) is 11.1 Å². The molecule has 0 radical (unpaired) electrons. The molecule has 0 atom stereocenters. The Morgan fingerprint density at radius 1 is 1.13 bits per heavy atom. The van der Waals surface area contributed by atoms with Crippen LogP contribution in [0.25, 0.3) is 21.2 Å². The van der Waals surface area contributed by atoms with Gasteiger partial charge in [0.15, 0.2) is 0 Å². The molecule has 1 amide bonds. The van der Waals surface area contributed by atoms with Gasteiger partial charge in [-0.3, -0.25) is 14.3 Å². The van der Waals surface area contributed by atoms with Crippen LogP contribution in [0, 0.1) is 19.7 Å². The summed E-state index contributed by atoms with van der Waals surface area (Å²) in [5, 5.41) is 3.99. The van der Waals surface area contributed by atoms with Gasteiger partial charge >= 0.3 is 0 Å². The van der Waals surface area contributed by atoms with Crippen molar-refractivity contribution in [2.45, 2.75) is 27.2 Å². The zero-order chi connectivity index (χ0) is 27.8. The van der Waals surface area contributed by atoms with Gasteiger partial charge in [0.25, 0.3) is 21.5 Å². The normalized spacial score (nSPS) is 11.5. The minimum atomic E-state index is -3.77. The zero-order valence-corrected chi connectivity index (χ0v) is 23.1. The smallest absolute Gasteiger partial charge is 0.261 e. The molecular weight excluding hydrogens is 525 g/mol. The van der Waals surface area contributed by atoms with Crippen molar-refractivity contribution in [2.24, 2.45) is 7.05 Å². The maximum atomic E-state index is 14.0. The summed E-state index contributed by atoms with van der Waals surface area (Å²) in [4.78, 5) is 26.0. The number of hydrogen-bond acceptors (Lipinski definition) is 5. The predicted octanol–water partition coefficient (Wildman–Crippen LogP) is 5.25. The average molecular weight is 554 g/mol. The van der Waals surface area contributed by atoms with Crippen LogP contribution >= 0.6 is 11.3 Å². The Hall–Kier alpha value is -3.76. The monoisotopic (exact) mass is 553 g/mol. The molecule has 0 spiro atoms. The van der Waals surface area contributed by atoms with Crippen LogP contribution < -0.4 is 15.6 Å². The van der Waals surface area contributed by atoms with E-state index in [1.54, 1.807) is 31.4 Å². The lowest BCUT2D eigenvalue weighted by Crippen LogP contribution is -2.21. The first-order valence-electron chi connectivity index (χ1n) is 11.9. The van der Waals surface area contributed by atoms with E-state index in [9.17, 15) is 22.4 Å². The summed E-state index contributed by atoms with van der Waals surface area (Å²) >= 11 is 1.21. The molecule has 10 heteroatoms. The lowest BCUT2D eigenvalue weighted by Gasteiger charge is -2.17. The molecule has 198 valence electrons. The molecule has 2 aromatic heterocycles. The standard InChI is InChI=1S/C28H28FN3O4S2/c1-6-30-27(33)25-14-23-26(37-25)24(15-32(5)28(23)34)22-13-20(31-38(35,36)7-2)9-8-18(22)12-21-16(3)10-19(29)11-17(21)4/h7-11,13-15,31H,2,6,12H2,1,3-5H3,(H,30,33). The van der Waals surface area contributed by atoms with E-state index in [0.29, 0.717) is 44.7 Å². The number of anilines is 1. The fourth-order valence-corrected chi connectivity index (χ4v) is 6.09. The highest BCUT2D eigenvalue weighted by Crippen LogP contribution is 2.37. The lowest BCUT2D eigenvalue weighted by atomic mass is 9.91. The number of fused-ring (bicyclic) bond motifs is 1. The van der Waals surface area contributed by atoms with Crippen molar-refractivity contribution >= 4 is 43.0 Å². The fourth-order valence-electron chi connectivity index (χ4n) is 4.46. The summed E-state index contributed by atoms with van der Waals surface area (Å²) in [6.07, 6.45) is 2.14. The zero-order valence-electron chi connectivity index (χ0n) is 21.5. The number of nitrogens with one attached hydrogen (secondary N) is 2. The number of aromatic nitrogens is 1. The molecule has 2 N–H and O–H groups in total. The molecule has 0 unspecified atom stereocenters. The first-order valence-corrected chi connectivity index (χ1v) is 14.3. The van der Waals surface area contributed by atoms with E-state index in [2.05, 4.69) is 16.6 Å². The van der Waals surface area contributed by atoms with Crippen LogP contribution in [0.5, 0.6) is 0 Å². The molecule has 0 aliphatic heterocycles. The van der Waals surface area contributed by atoms with E-state index in [1.165, 1.54) is 28.0 Å². The maximum absolute atomic E-state index is 14.0. The molecule has 0 fully saturated rings. The van der Waals surface area contributed by atoms with Crippen molar-refractivity contribution < 1.29 is 17.6 Å². The van der Waals surface area contributed by atoms with E-state index >= 15 is 0 Å². The molecule has 0 saturated carbocycles. The minimum Gasteiger partial charge on any atom is -0.352 e. The highest BCUT2D eigenvalue weighted by Gasteiger charge is 2.20. The summed E-state index contributed by atoms with van der Waals surface area (Å²) in [6, 6.07) is 9.73. The van der Waals surface area contributed by atoms with E-state index in [-0.39, 0.29) is 17.3 Å². The molecule has 4 aromatic rings. The number of hydrogen-bond donors (Lipinski definition) is 2. The number of sulfonamides is 1. The Balaban J connectivity index is 1.99. The Morgan fingerprint density at radius 3 is 2.45 bits per heavy atom. The summed E-state index contributed by atoms with van der Waals surface area (Å²) in [5.41, 5.74) is 4.82. The van der Waals surface area contributed by atoms with Crippen LogP contribution in [-0.4, -0.2) is 25.4 Å². The van der Waals surface area contributed by atoms with Gasteiger partial charge in [-0.15, -0.1) is 11.3 Å². The SMILES string of the molecule is C=CS(=O)(=O)Nc1ccc(Cc2c(C)cc(F)cc2C)c(-c2cn(C)c(=O)c3cc(C(=O)NCC)sc23)c1. The number of rotatable bonds is 8. The summed E-state index contributed by atoms with van der Waals surface area (Å²) in [7, 11) is -2.13. The number of halogens is 1. The molecule has 38 heavy (non-hydrogen) atoms. The average Bonchev–Trinajstić information content (AvgIpc) is 3.30. The van der Waals surface area contributed by atoms with E-state index in [0.717, 1.165) is 27.7 Å². The summed E-state index contributed by atoms with van der Waals surface area (Å²) in [5.74, 6) is -0.582. The third-order valence-corrected chi connectivity index (χ3v) is 8.45. The number of carbonyl (C=O) groups is 1. The number of carbonyl (C=O) groups excluding carboxylic acids is 1.